The molecular formula is C25H34O6. The first-order chi connectivity index (χ1) is 16.1. The van der Waals surface area contributed by atoms with Crippen LogP contribution in [0.25, 0.3) is 0 Å². The van der Waals surface area contributed by atoms with Crippen LogP contribution in [-0.4, -0.2) is 52.4 Å². The molecule has 4 fully saturated rings. The zero-order valence-corrected chi connectivity index (χ0v) is 18.3. The third kappa shape index (κ3) is 2.65. The number of Topliss-reactive ketones (excluding diaryl/α,β-unsaturated/α-hetero) is 1. The van der Waals surface area contributed by atoms with Crippen molar-refractivity contribution in [2.24, 2.45) is 28.6 Å². The maximum absolute atomic E-state index is 13.6. The normalized spacial score (nSPS) is 54.4. The molecule has 0 aromatic heterocycles. The van der Waals surface area contributed by atoms with Crippen LogP contribution in [0.15, 0.2) is 23.8 Å². The Morgan fingerprint density at radius 2 is 2.19 bits per heavy atom. The quantitative estimate of drug-likeness (QED) is 0.707. The van der Waals surface area contributed by atoms with Crippen molar-refractivity contribution in [2.75, 3.05) is 6.56 Å². The molecule has 9 atom stereocenters. The molecule has 0 amide bonds. The summed E-state index contributed by atoms with van der Waals surface area (Å²) in [6, 6.07) is 0. The van der Waals surface area contributed by atoms with Crippen molar-refractivity contribution in [3.8, 4) is 0 Å². The predicted octanol–water partition coefficient (Wildman–Crippen LogP) is 2.72. The van der Waals surface area contributed by atoms with E-state index in [1.165, 1.54) is 12.2 Å². The molecule has 1 heterocycles. The number of ketones is 2. The van der Waals surface area contributed by atoms with Gasteiger partial charge in [-0.15, -0.1) is 0 Å². The maximum Gasteiger partial charge on any atom is 0.193 e. The number of aliphatic hydroxyl groups excluding tert-OH is 1. The van der Waals surface area contributed by atoms with Gasteiger partial charge in [0.2, 0.25) is 0 Å². The van der Waals surface area contributed by atoms with Crippen LogP contribution in [-0.2, 0) is 19.1 Å². The van der Waals surface area contributed by atoms with E-state index in [-0.39, 0.29) is 30.5 Å². The van der Waals surface area contributed by atoms with Gasteiger partial charge in [-0.2, -0.15) is 0 Å². The number of rotatable bonds is 4. The minimum Gasteiger partial charge on any atom is -0.393 e. The second kappa shape index (κ2) is 7.08. The van der Waals surface area contributed by atoms with Crippen LogP contribution in [0.5, 0.6) is 0 Å². The fraction of sp³-hybridized carbons (Fsp3) is 0.760. The molecule has 0 radical (unpaired) electrons. The summed E-state index contributed by atoms with van der Waals surface area (Å²) in [6.45, 7) is 2.44. The van der Waals surface area contributed by atoms with Gasteiger partial charge in [-0.3, -0.25) is 9.59 Å². The highest BCUT2D eigenvalue weighted by Gasteiger charge is 2.75. The first kappa shape index (κ1) is 17.2. The van der Waals surface area contributed by atoms with Gasteiger partial charge >= 0.3 is 0 Å². The van der Waals surface area contributed by atoms with E-state index in [4.69, 9.17) is 15.0 Å². The van der Waals surface area contributed by atoms with E-state index in [1.54, 1.807) is 13.0 Å². The van der Waals surface area contributed by atoms with E-state index >= 15 is 0 Å². The average molecular weight is 435 g/mol. The lowest BCUT2D eigenvalue weighted by atomic mass is 9.46. The van der Waals surface area contributed by atoms with Gasteiger partial charge in [0.1, 0.15) is 6.56 Å². The maximum atomic E-state index is 13.6. The molecule has 1 unspecified atom stereocenters. The third-order valence-corrected chi connectivity index (χ3v) is 8.89. The number of ether oxygens (including phenoxy) is 2. The third-order valence-electron chi connectivity index (χ3n) is 8.89. The van der Waals surface area contributed by atoms with Gasteiger partial charge in [-0.05, 0) is 56.0 Å². The van der Waals surface area contributed by atoms with Crippen LogP contribution in [0.1, 0.15) is 64.7 Å². The lowest BCUT2D eigenvalue weighted by Gasteiger charge is -2.59. The van der Waals surface area contributed by atoms with Crippen molar-refractivity contribution in [2.45, 2.75) is 83.3 Å². The molecule has 6 nitrogen and oxygen atoms in total. The van der Waals surface area contributed by atoms with E-state index < -0.39 is 59.6 Å². The molecule has 1 saturated heterocycles. The molecule has 0 aromatic rings. The molecule has 1 aliphatic heterocycles. The van der Waals surface area contributed by atoms with E-state index in [0.29, 0.717) is 18.4 Å². The van der Waals surface area contributed by atoms with Crippen molar-refractivity contribution in [1.82, 2.24) is 0 Å². The molecule has 0 spiro atoms. The molecular weight excluding hydrogens is 396 g/mol. The molecule has 0 bridgehead atoms. The summed E-state index contributed by atoms with van der Waals surface area (Å²) in [5.74, 6) is -2.48. The van der Waals surface area contributed by atoms with Crippen molar-refractivity contribution in [1.29, 1.82) is 0 Å². The minimum atomic E-state index is -3.15. The van der Waals surface area contributed by atoms with Gasteiger partial charge in [-0.25, -0.2) is 0 Å². The SMILES string of the molecule is [2H]C([2H])(O)C(=O)[C@@]12OC(CCC)O[C@@H]1C[C@H]1[C@@H]3CC([2H])([2H])C4=CC(=O)C=C[C@]4(C)[C@H]3[C@@H](O)C[C@@]12C. The summed E-state index contributed by atoms with van der Waals surface area (Å²) in [4.78, 5) is 25.7. The largest absolute Gasteiger partial charge is 0.393 e. The van der Waals surface area contributed by atoms with E-state index in [9.17, 15) is 19.8 Å². The lowest BCUT2D eigenvalue weighted by Crippen LogP contribution is -2.63. The van der Waals surface area contributed by atoms with Crippen molar-refractivity contribution in [3.63, 3.8) is 0 Å². The zero-order chi connectivity index (χ0) is 25.8. The highest BCUT2D eigenvalue weighted by atomic mass is 16.7. The van der Waals surface area contributed by atoms with E-state index in [1.807, 2.05) is 13.8 Å². The lowest BCUT2D eigenvalue weighted by molar-refractivity contribution is -0.200. The second-order valence-corrected chi connectivity index (χ2v) is 10.3. The molecule has 170 valence electrons. The standard InChI is InChI=1S/C25H34O6/c1-4-5-21-30-20-11-17-16-7-6-14-10-15(27)8-9-23(14,2)22(16)18(28)12-24(17,3)25(20,31-21)19(29)13-26/h8-10,16-18,20-22,26,28H,4-7,11-13H2,1-3H3/t16-,17-,18-,20+,21?,22+,23-,24-,25+/m0/s1/i6D2,13D2. The van der Waals surface area contributed by atoms with E-state index in [0.717, 1.165) is 6.42 Å². The monoisotopic (exact) mass is 434 g/mol. The second-order valence-electron chi connectivity index (χ2n) is 10.3. The summed E-state index contributed by atoms with van der Waals surface area (Å²) in [5, 5.41) is 21.8. The number of carbonyl (C=O) groups is 2. The van der Waals surface area contributed by atoms with Gasteiger partial charge < -0.3 is 19.7 Å². The highest BCUT2D eigenvalue weighted by Crippen LogP contribution is 2.69. The number of hydrogen-bond donors (Lipinski definition) is 2. The van der Waals surface area contributed by atoms with Gasteiger partial charge in [0.05, 0.1) is 14.9 Å². The molecule has 5 rings (SSSR count). The van der Waals surface area contributed by atoms with Crippen molar-refractivity contribution < 1.29 is 34.8 Å². The Labute approximate surface area is 189 Å². The van der Waals surface area contributed by atoms with Crippen molar-refractivity contribution >= 4 is 11.6 Å². The number of hydrogen-bond acceptors (Lipinski definition) is 6. The first-order valence-electron chi connectivity index (χ1n) is 13.4. The number of fused-ring (bicyclic) bond motifs is 7. The van der Waals surface area contributed by atoms with Crippen LogP contribution in [0.2, 0.25) is 0 Å². The molecule has 31 heavy (non-hydrogen) atoms. The van der Waals surface area contributed by atoms with E-state index in [2.05, 4.69) is 0 Å². The Hall–Kier alpha value is -1.34. The molecule has 6 heteroatoms. The van der Waals surface area contributed by atoms with Gasteiger partial charge in [0, 0.05) is 19.5 Å². The Morgan fingerprint density at radius 3 is 2.90 bits per heavy atom. The average Bonchev–Trinajstić information content (AvgIpc) is 3.20. The van der Waals surface area contributed by atoms with Crippen LogP contribution >= 0.6 is 0 Å². The minimum absolute atomic E-state index is 0.0545. The fourth-order valence-corrected chi connectivity index (χ4v) is 7.60. The Bertz CT molecular complexity index is 1020. The Balaban J connectivity index is 1.63. The zero-order valence-electron chi connectivity index (χ0n) is 22.3. The molecule has 3 saturated carbocycles. The molecule has 0 aromatic carbocycles. The summed E-state index contributed by atoms with van der Waals surface area (Å²) < 4.78 is 45.8. The smallest absolute Gasteiger partial charge is 0.193 e. The summed E-state index contributed by atoms with van der Waals surface area (Å²) in [6.07, 6.45) is 1.90. The van der Waals surface area contributed by atoms with Gasteiger partial charge in [0.25, 0.3) is 0 Å². The Kier molecular flexibility index (Phi) is 3.92. The van der Waals surface area contributed by atoms with Crippen molar-refractivity contribution in [3.05, 3.63) is 23.8 Å². The first-order valence-corrected chi connectivity index (χ1v) is 11.4. The highest BCUT2D eigenvalue weighted by molar-refractivity contribution is 6.01. The number of aliphatic hydroxyl groups is 2. The topological polar surface area (TPSA) is 93.1 Å². The molecule has 2 N–H and O–H groups in total. The summed E-state index contributed by atoms with van der Waals surface area (Å²) in [5.41, 5.74) is -3.39. The number of allylic oxidation sites excluding steroid dienone is 4. The molecule has 5 aliphatic rings. The summed E-state index contributed by atoms with van der Waals surface area (Å²) in [7, 11) is 0. The Morgan fingerprint density at radius 1 is 1.42 bits per heavy atom. The fourth-order valence-electron chi connectivity index (χ4n) is 7.60. The van der Waals surface area contributed by atoms with Crippen LogP contribution < -0.4 is 0 Å². The van der Waals surface area contributed by atoms with Crippen LogP contribution in [0, 0.1) is 28.6 Å². The van der Waals surface area contributed by atoms with Gasteiger partial charge in [-0.1, -0.05) is 38.8 Å². The predicted molar refractivity (Wildman–Crippen MR) is 113 cm³/mol. The number of carbonyl (C=O) groups excluding carboxylic acids is 2. The molecule has 4 aliphatic carbocycles. The van der Waals surface area contributed by atoms with Crippen LogP contribution in [0.3, 0.4) is 0 Å². The van der Waals surface area contributed by atoms with Gasteiger partial charge in [0.15, 0.2) is 23.5 Å². The van der Waals surface area contributed by atoms with Crippen LogP contribution in [0.4, 0.5) is 0 Å². The summed E-state index contributed by atoms with van der Waals surface area (Å²) >= 11 is 0.